The van der Waals surface area contributed by atoms with E-state index in [0.717, 1.165) is 36.4 Å². The van der Waals surface area contributed by atoms with Gasteiger partial charge in [0.05, 0.1) is 21.4 Å². The number of halogens is 3. The first-order valence-electron chi connectivity index (χ1n) is 8.29. The second-order valence-corrected chi connectivity index (χ2v) is 8.88. The first kappa shape index (κ1) is 21.9. The fraction of sp³-hybridized carbons (Fsp3) is 0.0500. The van der Waals surface area contributed by atoms with Crippen LogP contribution in [0.4, 0.5) is 4.39 Å². The molecule has 0 spiro atoms. The zero-order valence-electron chi connectivity index (χ0n) is 15.0. The predicted molar refractivity (Wildman–Crippen MR) is 108 cm³/mol. The Bertz CT molecular complexity index is 1200. The molecule has 0 aliphatic rings. The SMILES string of the molecule is O=C(O)Cc1cc(Cl)c(Oc2ccc(O)c(S(=O)(=O)c3ccc(F)cc3)c2)c(Cl)c1. The molecule has 0 amide bonds. The number of aromatic hydroxyl groups is 1. The van der Waals surface area contributed by atoms with Crippen molar-refractivity contribution in [1.29, 1.82) is 0 Å². The van der Waals surface area contributed by atoms with Crippen molar-refractivity contribution < 1.29 is 32.6 Å². The van der Waals surface area contributed by atoms with Crippen molar-refractivity contribution in [1.82, 2.24) is 0 Å². The molecule has 6 nitrogen and oxygen atoms in total. The van der Waals surface area contributed by atoms with Crippen LogP contribution in [0.25, 0.3) is 0 Å². The summed E-state index contributed by atoms with van der Waals surface area (Å²) in [6.07, 6.45) is -0.293. The maximum absolute atomic E-state index is 13.1. The summed E-state index contributed by atoms with van der Waals surface area (Å²) in [5, 5.41) is 19.0. The number of aliphatic carboxylic acids is 1. The molecule has 10 heteroatoms. The Labute approximate surface area is 181 Å². The molecule has 3 aromatic carbocycles. The van der Waals surface area contributed by atoms with Crippen LogP contribution >= 0.6 is 23.2 Å². The van der Waals surface area contributed by atoms with Crippen LogP contribution in [0.5, 0.6) is 17.2 Å². The minimum atomic E-state index is -4.17. The Morgan fingerprint density at radius 1 is 1.00 bits per heavy atom. The lowest BCUT2D eigenvalue weighted by molar-refractivity contribution is -0.136. The zero-order chi connectivity index (χ0) is 22.1. The van der Waals surface area contributed by atoms with Gasteiger partial charge in [-0.2, -0.15) is 0 Å². The van der Waals surface area contributed by atoms with Gasteiger partial charge in [0.2, 0.25) is 9.84 Å². The fourth-order valence-electron chi connectivity index (χ4n) is 2.62. The molecule has 3 aromatic rings. The number of sulfone groups is 1. The summed E-state index contributed by atoms with van der Waals surface area (Å²) in [7, 11) is -4.17. The standard InChI is InChI=1S/C20H13Cl2FO6S/c21-15-7-11(9-19(25)26)8-16(22)20(15)29-13-3-6-17(24)18(10-13)30(27,28)14-4-1-12(23)2-5-14/h1-8,10,24H,9H2,(H,25,26). The summed E-state index contributed by atoms with van der Waals surface area (Å²) in [6.45, 7) is 0. The molecule has 2 N–H and O–H groups in total. The molecule has 0 heterocycles. The van der Waals surface area contributed by atoms with Gasteiger partial charge >= 0.3 is 5.97 Å². The average molecular weight is 471 g/mol. The zero-order valence-corrected chi connectivity index (χ0v) is 17.3. The molecule has 0 saturated heterocycles. The van der Waals surface area contributed by atoms with Crippen molar-refractivity contribution in [3.8, 4) is 17.2 Å². The first-order valence-corrected chi connectivity index (χ1v) is 10.5. The van der Waals surface area contributed by atoms with Crippen molar-refractivity contribution in [3.05, 3.63) is 76.0 Å². The van der Waals surface area contributed by atoms with E-state index in [9.17, 15) is 22.7 Å². The molecule has 0 aliphatic heterocycles. The average Bonchev–Trinajstić information content (AvgIpc) is 2.65. The van der Waals surface area contributed by atoms with Crippen LogP contribution in [0.1, 0.15) is 5.56 Å². The molecule has 0 aliphatic carbocycles. The van der Waals surface area contributed by atoms with Crippen LogP contribution < -0.4 is 4.74 Å². The lowest BCUT2D eigenvalue weighted by Gasteiger charge is -2.13. The number of ether oxygens (including phenoxy) is 1. The summed E-state index contributed by atoms with van der Waals surface area (Å²) in [4.78, 5) is 10.2. The Hall–Kier alpha value is -2.81. The van der Waals surface area contributed by atoms with Crippen LogP contribution in [-0.4, -0.2) is 24.6 Å². The third-order valence-electron chi connectivity index (χ3n) is 3.98. The van der Waals surface area contributed by atoms with Crippen LogP contribution in [-0.2, 0) is 21.1 Å². The van der Waals surface area contributed by atoms with Gasteiger partial charge in [-0.25, -0.2) is 12.8 Å². The maximum atomic E-state index is 13.1. The number of phenolic OH excluding ortho intramolecular Hbond substituents is 1. The van der Waals surface area contributed by atoms with Crippen molar-refractivity contribution in [2.75, 3.05) is 0 Å². The summed E-state index contributed by atoms with van der Waals surface area (Å²) in [5.74, 6) is -2.21. The molecule has 0 fully saturated rings. The predicted octanol–water partition coefficient (Wildman–Crippen LogP) is 5.09. The molecular weight excluding hydrogens is 458 g/mol. The van der Waals surface area contributed by atoms with E-state index in [1.807, 2.05) is 0 Å². The Kier molecular flexibility index (Phi) is 6.21. The second kappa shape index (κ2) is 8.51. The lowest BCUT2D eigenvalue weighted by atomic mass is 10.1. The number of carboxylic acid groups (broad SMARTS) is 1. The molecule has 0 saturated carbocycles. The minimum Gasteiger partial charge on any atom is -0.507 e. The van der Waals surface area contributed by atoms with Gasteiger partial charge in [-0.15, -0.1) is 0 Å². The minimum absolute atomic E-state index is 0.00303. The molecule has 0 atom stereocenters. The Balaban J connectivity index is 1.98. The van der Waals surface area contributed by atoms with Gasteiger partial charge in [-0.1, -0.05) is 23.2 Å². The van der Waals surface area contributed by atoms with E-state index in [0.29, 0.717) is 5.56 Å². The van der Waals surface area contributed by atoms with Gasteiger partial charge in [-0.05, 0) is 54.1 Å². The second-order valence-electron chi connectivity index (χ2n) is 6.15. The number of hydrogen-bond acceptors (Lipinski definition) is 5. The monoisotopic (exact) mass is 470 g/mol. The largest absolute Gasteiger partial charge is 0.507 e. The molecular formula is C20H13Cl2FO6S. The number of carboxylic acids is 1. The van der Waals surface area contributed by atoms with E-state index in [1.165, 1.54) is 18.2 Å². The van der Waals surface area contributed by atoms with Crippen LogP contribution in [0, 0.1) is 5.82 Å². The summed E-state index contributed by atoms with van der Waals surface area (Å²) in [5.41, 5.74) is 0.357. The van der Waals surface area contributed by atoms with Gasteiger partial charge < -0.3 is 14.9 Å². The van der Waals surface area contributed by atoms with Crippen molar-refractivity contribution in [2.24, 2.45) is 0 Å². The van der Waals surface area contributed by atoms with Crippen molar-refractivity contribution in [3.63, 3.8) is 0 Å². The number of benzene rings is 3. The Morgan fingerprint density at radius 2 is 1.60 bits per heavy atom. The summed E-state index contributed by atoms with van der Waals surface area (Å²) >= 11 is 12.3. The van der Waals surface area contributed by atoms with E-state index in [2.05, 4.69) is 0 Å². The van der Waals surface area contributed by atoms with E-state index in [-0.39, 0.29) is 32.9 Å². The molecule has 156 valence electrons. The van der Waals surface area contributed by atoms with Crippen LogP contribution in [0.15, 0.2) is 64.4 Å². The highest BCUT2D eigenvalue weighted by atomic mass is 35.5. The van der Waals surface area contributed by atoms with Gasteiger partial charge in [-0.3, -0.25) is 4.79 Å². The molecule has 0 radical (unpaired) electrons. The fourth-order valence-corrected chi connectivity index (χ4v) is 4.59. The quantitative estimate of drug-likeness (QED) is 0.486. The van der Waals surface area contributed by atoms with Crippen LogP contribution in [0.2, 0.25) is 10.0 Å². The number of carbonyl (C=O) groups is 1. The topological polar surface area (TPSA) is 101 Å². The maximum Gasteiger partial charge on any atom is 0.307 e. The first-order chi connectivity index (χ1) is 14.1. The van der Waals surface area contributed by atoms with E-state index in [4.69, 9.17) is 33.0 Å². The Morgan fingerprint density at radius 3 is 2.17 bits per heavy atom. The van der Waals surface area contributed by atoms with Gasteiger partial charge in [0.25, 0.3) is 0 Å². The van der Waals surface area contributed by atoms with Crippen molar-refractivity contribution in [2.45, 2.75) is 16.2 Å². The highest BCUT2D eigenvalue weighted by molar-refractivity contribution is 7.91. The van der Waals surface area contributed by atoms with Gasteiger partial charge in [0, 0.05) is 6.07 Å². The van der Waals surface area contributed by atoms with Gasteiger partial charge in [0.1, 0.15) is 22.2 Å². The summed E-state index contributed by atoms with van der Waals surface area (Å²) < 4.78 is 44.3. The number of hydrogen-bond donors (Lipinski definition) is 2. The van der Waals surface area contributed by atoms with Gasteiger partial charge in [0.15, 0.2) is 5.75 Å². The number of rotatable bonds is 6. The molecule has 3 rings (SSSR count). The third-order valence-corrected chi connectivity index (χ3v) is 6.34. The normalized spacial score (nSPS) is 11.3. The van der Waals surface area contributed by atoms with Crippen LogP contribution in [0.3, 0.4) is 0 Å². The lowest BCUT2D eigenvalue weighted by Crippen LogP contribution is -2.03. The highest BCUT2D eigenvalue weighted by Crippen LogP contribution is 2.39. The van der Waals surface area contributed by atoms with E-state index in [1.54, 1.807) is 0 Å². The molecule has 0 bridgehead atoms. The third kappa shape index (κ3) is 4.67. The smallest absolute Gasteiger partial charge is 0.307 e. The molecule has 0 unspecified atom stereocenters. The highest BCUT2D eigenvalue weighted by Gasteiger charge is 2.23. The number of phenols is 1. The van der Waals surface area contributed by atoms with Crippen molar-refractivity contribution >= 4 is 39.0 Å². The molecule has 0 aromatic heterocycles. The van der Waals surface area contributed by atoms with E-state index < -0.39 is 32.3 Å². The summed E-state index contributed by atoms with van der Waals surface area (Å²) in [6, 6.07) is 10.4. The van der Waals surface area contributed by atoms with E-state index >= 15 is 0 Å². The molecule has 30 heavy (non-hydrogen) atoms.